The maximum absolute atomic E-state index is 11.8. The first kappa shape index (κ1) is 12.3. The molecule has 0 spiro atoms. The van der Waals surface area contributed by atoms with E-state index in [4.69, 9.17) is 0 Å². The van der Waals surface area contributed by atoms with Crippen molar-refractivity contribution in [3.63, 3.8) is 0 Å². The average Bonchev–Trinajstić information content (AvgIpc) is 2.44. The molecule has 6 heteroatoms. The summed E-state index contributed by atoms with van der Waals surface area (Å²) >= 11 is 0. The molecule has 0 aliphatic carbocycles. The third kappa shape index (κ3) is 4.51. The molecule has 0 bridgehead atoms. The quantitative estimate of drug-likeness (QED) is 0.780. The fourth-order valence-corrected chi connectivity index (χ4v) is 1.71. The van der Waals surface area contributed by atoms with Gasteiger partial charge < -0.3 is 10.2 Å². The van der Waals surface area contributed by atoms with Gasteiger partial charge in [0.15, 0.2) is 0 Å². The zero-order valence-electron chi connectivity index (χ0n) is 8.60. The number of rotatable bonds is 3. The zero-order chi connectivity index (χ0) is 11.5. The number of likely N-dealkylation sites (N-methyl/N-ethyl adjacent to an activating group) is 1. The lowest BCUT2D eigenvalue weighted by molar-refractivity contribution is -0.153. The number of hydrogen-bond donors (Lipinski definition) is 1. The molecule has 0 aromatic rings. The summed E-state index contributed by atoms with van der Waals surface area (Å²) in [6, 6.07) is 0.183. The Hall–Kier alpha value is -0.780. The molecule has 0 saturated carbocycles. The first-order valence-electron chi connectivity index (χ1n) is 4.92. The Kier molecular flexibility index (Phi) is 3.96. The van der Waals surface area contributed by atoms with E-state index in [1.54, 1.807) is 0 Å². The normalized spacial score (nSPS) is 23.1. The van der Waals surface area contributed by atoms with Crippen molar-refractivity contribution in [3.05, 3.63) is 0 Å². The van der Waals surface area contributed by atoms with Crippen LogP contribution in [0.15, 0.2) is 0 Å². The van der Waals surface area contributed by atoms with E-state index in [9.17, 15) is 18.0 Å². The van der Waals surface area contributed by atoms with Crippen LogP contribution in [-0.4, -0.2) is 43.2 Å². The number of alkyl halides is 3. The molecule has 1 unspecified atom stereocenters. The molecule has 1 fully saturated rings. The second-order valence-corrected chi connectivity index (χ2v) is 3.87. The Bertz CT molecular complexity index is 230. The molecule has 15 heavy (non-hydrogen) atoms. The molecule has 1 aliphatic heterocycles. The summed E-state index contributed by atoms with van der Waals surface area (Å²) in [5.41, 5.74) is 0. The number of amides is 1. The number of likely N-dealkylation sites (tertiary alicyclic amines) is 1. The third-order valence-electron chi connectivity index (χ3n) is 2.57. The van der Waals surface area contributed by atoms with Crippen molar-refractivity contribution in [3.8, 4) is 0 Å². The molecule has 1 aliphatic rings. The molecule has 0 aromatic carbocycles. The lowest BCUT2D eigenvalue weighted by Gasteiger charge is -2.19. The van der Waals surface area contributed by atoms with Crippen LogP contribution < -0.4 is 5.32 Å². The summed E-state index contributed by atoms with van der Waals surface area (Å²) in [7, 11) is 1.91. The number of carbonyl (C=O) groups excluding carboxylic acids is 1. The summed E-state index contributed by atoms with van der Waals surface area (Å²) in [5.74, 6) is -0.942. The van der Waals surface area contributed by atoms with Crippen molar-refractivity contribution in [1.82, 2.24) is 10.2 Å². The van der Waals surface area contributed by atoms with Crippen molar-refractivity contribution in [2.75, 3.05) is 20.1 Å². The number of hydrogen-bond acceptors (Lipinski definition) is 2. The largest absolute Gasteiger partial charge is 0.397 e. The summed E-state index contributed by atoms with van der Waals surface area (Å²) in [6.45, 7) is 1.26. The molecule has 0 aromatic heterocycles. The van der Waals surface area contributed by atoms with Crippen LogP contribution >= 0.6 is 0 Å². The van der Waals surface area contributed by atoms with E-state index in [1.165, 1.54) is 0 Å². The van der Waals surface area contributed by atoms with Crippen LogP contribution in [0.3, 0.4) is 0 Å². The van der Waals surface area contributed by atoms with Crippen LogP contribution in [0, 0.1) is 0 Å². The Balaban J connectivity index is 2.22. The van der Waals surface area contributed by atoms with Crippen LogP contribution in [0.4, 0.5) is 13.2 Å². The van der Waals surface area contributed by atoms with Crippen LogP contribution in [0.2, 0.25) is 0 Å². The monoisotopic (exact) mass is 224 g/mol. The zero-order valence-corrected chi connectivity index (χ0v) is 8.60. The third-order valence-corrected chi connectivity index (χ3v) is 2.57. The minimum Gasteiger partial charge on any atom is -0.354 e. The summed E-state index contributed by atoms with van der Waals surface area (Å²) in [6.07, 6.45) is -3.83. The van der Waals surface area contributed by atoms with Gasteiger partial charge in [0.05, 0.1) is 0 Å². The van der Waals surface area contributed by atoms with E-state index >= 15 is 0 Å². The van der Waals surface area contributed by atoms with E-state index in [0.717, 1.165) is 19.4 Å². The average molecular weight is 224 g/mol. The molecule has 1 N–H and O–H groups in total. The highest BCUT2D eigenvalue weighted by Crippen LogP contribution is 2.19. The fourth-order valence-electron chi connectivity index (χ4n) is 1.71. The first-order valence-corrected chi connectivity index (χ1v) is 4.92. The van der Waals surface area contributed by atoms with E-state index in [1.807, 2.05) is 11.9 Å². The molecule has 88 valence electrons. The Morgan fingerprint density at radius 1 is 1.53 bits per heavy atom. The predicted molar refractivity (Wildman–Crippen MR) is 49.3 cm³/mol. The van der Waals surface area contributed by atoms with Crippen molar-refractivity contribution < 1.29 is 18.0 Å². The van der Waals surface area contributed by atoms with Gasteiger partial charge in [-0.25, -0.2) is 0 Å². The summed E-state index contributed by atoms with van der Waals surface area (Å²) in [5, 5.41) is 2.31. The number of nitrogens with zero attached hydrogens (tertiary/aromatic N) is 1. The molecule has 0 radical (unpaired) electrons. The second kappa shape index (κ2) is 4.83. The molecular formula is C9H15F3N2O. The minimum absolute atomic E-state index is 0.183. The molecule has 1 amide bonds. The van der Waals surface area contributed by atoms with Gasteiger partial charge in [0.2, 0.25) is 5.91 Å². The van der Waals surface area contributed by atoms with Crippen LogP contribution in [0.25, 0.3) is 0 Å². The predicted octanol–water partition coefficient (Wildman–Crippen LogP) is 1.15. The van der Waals surface area contributed by atoms with E-state index in [2.05, 4.69) is 5.32 Å². The van der Waals surface area contributed by atoms with Gasteiger partial charge in [0.1, 0.15) is 6.42 Å². The Morgan fingerprint density at radius 2 is 2.20 bits per heavy atom. The number of halogens is 3. The molecule has 1 atom stereocenters. The molecule has 1 rings (SSSR count). The second-order valence-electron chi connectivity index (χ2n) is 3.87. The van der Waals surface area contributed by atoms with Crippen molar-refractivity contribution in [1.29, 1.82) is 0 Å². The molecule has 1 saturated heterocycles. The molecule has 3 nitrogen and oxygen atoms in total. The van der Waals surface area contributed by atoms with E-state index < -0.39 is 18.5 Å². The van der Waals surface area contributed by atoms with Gasteiger partial charge in [-0.1, -0.05) is 0 Å². The van der Waals surface area contributed by atoms with Crippen LogP contribution in [-0.2, 0) is 4.79 Å². The highest BCUT2D eigenvalue weighted by atomic mass is 19.4. The van der Waals surface area contributed by atoms with E-state index in [0.29, 0.717) is 6.54 Å². The fraction of sp³-hybridized carbons (Fsp3) is 0.889. The summed E-state index contributed by atoms with van der Waals surface area (Å²) < 4.78 is 35.4. The number of nitrogens with one attached hydrogen (secondary N) is 1. The van der Waals surface area contributed by atoms with Crippen molar-refractivity contribution in [2.45, 2.75) is 31.5 Å². The maximum atomic E-state index is 11.8. The highest BCUT2D eigenvalue weighted by Gasteiger charge is 2.31. The maximum Gasteiger partial charge on any atom is 0.397 e. The van der Waals surface area contributed by atoms with Gasteiger partial charge in [-0.2, -0.15) is 13.2 Å². The Morgan fingerprint density at radius 3 is 2.67 bits per heavy atom. The highest BCUT2D eigenvalue weighted by molar-refractivity contribution is 5.76. The van der Waals surface area contributed by atoms with Gasteiger partial charge in [-0.15, -0.1) is 0 Å². The van der Waals surface area contributed by atoms with E-state index in [-0.39, 0.29) is 6.04 Å². The van der Waals surface area contributed by atoms with Crippen molar-refractivity contribution in [2.24, 2.45) is 0 Å². The smallest absolute Gasteiger partial charge is 0.354 e. The molecule has 1 heterocycles. The van der Waals surface area contributed by atoms with Gasteiger partial charge in [-0.3, -0.25) is 4.79 Å². The SMILES string of the molecule is CN1CCCC1CNC(=O)CC(F)(F)F. The van der Waals surface area contributed by atoms with Crippen LogP contribution in [0.5, 0.6) is 0 Å². The number of carbonyl (C=O) groups is 1. The van der Waals surface area contributed by atoms with Gasteiger partial charge in [0, 0.05) is 12.6 Å². The van der Waals surface area contributed by atoms with Crippen LogP contribution in [0.1, 0.15) is 19.3 Å². The first-order chi connectivity index (χ1) is 6.88. The Labute approximate surface area is 86.6 Å². The van der Waals surface area contributed by atoms with Gasteiger partial charge in [0.25, 0.3) is 0 Å². The van der Waals surface area contributed by atoms with Gasteiger partial charge >= 0.3 is 6.18 Å². The summed E-state index contributed by atoms with van der Waals surface area (Å²) in [4.78, 5) is 12.9. The molecular weight excluding hydrogens is 209 g/mol. The minimum atomic E-state index is -4.41. The lowest BCUT2D eigenvalue weighted by atomic mass is 10.2. The topological polar surface area (TPSA) is 32.3 Å². The lowest BCUT2D eigenvalue weighted by Crippen LogP contribution is -2.39. The van der Waals surface area contributed by atoms with Gasteiger partial charge in [-0.05, 0) is 26.4 Å². The van der Waals surface area contributed by atoms with Crippen molar-refractivity contribution >= 4 is 5.91 Å². The standard InChI is InChI=1S/C9H15F3N2O/c1-14-4-2-3-7(14)6-13-8(15)5-9(10,11)12/h7H,2-6H2,1H3,(H,13,15).